The van der Waals surface area contributed by atoms with Gasteiger partial charge in [0.2, 0.25) is 0 Å². The summed E-state index contributed by atoms with van der Waals surface area (Å²) in [4.78, 5) is 0. The third-order valence-electron chi connectivity index (χ3n) is 5.58. The summed E-state index contributed by atoms with van der Waals surface area (Å²) in [6.07, 6.45) is 17.2. The lowest BCUT2D eigenvalue weighted by atomic mass is 9.76. The van der Waals surface area contributed by atoms with Crippen LogP contribution >= 0.6 is 0 Å². The van der Waals surface area contributed by atoms with Gasteiger partial charge in [-0.25, -0.2) is 0 Å². The lowest BCUT2D eigenvalue weighted by molar-refractivity contribution is 0.222. The molecule has 2 saturated carbocycles. The molecule has 1 atom stereocenters. The topological polar surface area (TPSA) is 26.0 Å². The normalized spacial score (nSPS) is 31.7. The Kier molecular flexibility index (Phi) is 6.01. The molecule has 0 saturated heterocycles. The molecule has 2 aliphatic carbocycles. The minimum absolute atomic E-state index is 0.508. The summed E-state index contributed by atoms with van der Waals surface area (Å²) >= 11 is 0. The molecule has 2 rings (SSSR count). The molecule has 2 N–H and O–H groups in total. The molecule has 0 spiro atoms. The van der Waals surface area contributed by atoms with Crippen molar-refractivity contribution in [2.45, 2.75) is 90.0 Å². The molecule has 2 aliphatic rings. The first kappa shape index (κ1) is 14.4. The van der Waals surface area contributed by atoms with Gasteiger partial charge >= 0.3 is 0 Å². The molecule has 0 heterocycles. The van der Waals surface area contributed by atoms with Crippen LogP contribution in [0, 0.1) is 17.8 Å². The minimum Gasteiger partial charge on any atom is -0.327 e. The van der Waals surface area contributed by atoms with Gasteiger partial charge in [0, 0.05) is 6.04 Å². The molecule has 0 bridgehead atoms. The second kappa shape index (κ2) is 7.53. The van der Waals surface area contributed by atoms with E-state index in [1.54, 1.807) is 0 Å². The Morgan fingerprint density at radius 2 is 1.50 bits per heavy atom. The maximum absolute atomic E-state index is 6.45. The molecular formula is C17H33N. The first-order chi connectivity index (χ1) is 8.79. The second-order valence-corrected chi connectivity index (χ2v) is 6.96. The molecule has 1 heteroatoms. The Morgan fingerprint density at radius 1 is 0.889 bits per heavy atom. The molecular weight excluding hydrogens is 218 g/mol. The van der Waals surface area contributed by atoms with E-state index >= 15 is 0 Å². The molecule has 106 valence electrons. The smallest absolute Gasteiger partial charge is 0.00672 e. The summed E-state index contributed by atoms with van der Waals surface area (Å²) in [5.41, 5.74) is 6.45. The van der Waals surface area contributed by atoms with Crippen LogP contribution in [0.3, 0.4) is 0 Å². The fourth-order valence-electron chi connectivity index (χ4n) is 4.28. The van der Waals surface area contributed by atoms with Gasteiger partial charge in [0.15, 0.2) is 0 Å². The van der Waals surface area contributed by atoms with E-state index in [-0.39, 0.29) is 0 Å². The third-order valence-corrected chi connectivity index (χ3v) is 5.58. The van der Waals surface area contributed by atoms with Gasteiger partial charge < -0.3 is 5.73 Å². The van der Waals surface area contributed by atoms with E-state index in [1.807, 2.05) is 0 Å². The maximum atomic E-state index is 6.45. The first-order valence-electron chi connectivity index (χ1n) is 8.55. The average Bonchev–Trinajstić information content (AvgIpc) is 2.90. The molecule has 0 aromatic carbocycles. The monoisotopic (exact) mass is 251 g/mol. The van der Waals surface area contributed by atoms with Gasteiger partial charge in [-0.1, -0.05) is 58.3 Å². The van der Waals surface area contributed by atoms with Gasteiger partial charge in [0.05, 0.1) is 0 Å². The van der Waals surface area contributed by atoms with E-state index in [2.05, 4.69) is 6.92 Å². The van der Waals surface area contributed by atoms with Crippen molar-refractivity contribution < 1.29 is 0 Å². The Morgan fingerprint density at radius 3 is 2.11 bits per heavy atom. The van der Waals surface area contributed by atoms with E-state index in [0.29, 0.717) is 6.04 Å². The highest BCUT2D eigenvalue weighted by Gasteiger charge is 2.26. The molecule has 0 aromatic rings. The van der Waals surface area contributed by atoms with Crippen molar-refractivity contribution in [3.8, 4) is 0 Å². The van der Waals surface area contributed by atoms with Crippen LogP contribution in [0.2, 0.25) is 0 Å². The number of hydrogen-bond donors (Lipinski definition) is 1. The molecule has 1 nitrogen and oxygen atoms in total. The maximum Gasteiger partial charge on any atom is 0.00672 e. The number of nitrogens with two attached hydrogens (primary N) is 1. The SMILES string of the molecule is CCCC1CCC(C(N)CCC2CCCC2)CC1. The molecule has 18 heavy (non-hydrogen) atoms. The predicted molar refractivity (Wildman–Crippen MR) is 79.5 cm³/mol. The van der Waals surface area contributed by atoms with Crippen molar-refractivity contribution in [1.29, 1.82) is 0 Å². The highest BCUT2D eigenvalue weighted by molar-refractivity contribution is 4.81. The minimum atomic E-state index is 0.508. The zero-order chi connectivity index (χ0) is 12.8. The number of hydrogen-bond acceptors (Lipinski definition) is 1. The molecule has 0 amide bonds. The van der Waals surface area contributed by atoms with Gasteiger partial charge in [-0.2, -0.15) is 0 Å². The summed E-state index contributed by atoms with van der Waals surface area (Å²) in [7, 11) is 0. The van der Waals surface area contributed by atoms with E-state index in [4.69, 9.17) is 5.73 Å². The quantitative estimate of drug-likeness (QED) is 0.714. The first-order valence-corrected chi connectivity index (χ1v) is 8.55. The molecule has 0 radical (unpaired) electrons. The molecule has 2 fully saturated rings. The van der Waals surface area contributed by atoms with E-state index in [0.717, 1.165) is 17.8 Å². The van der Waals surface area contributed by atoms with Gasteiger partial charge in [-0.05, 0) is 43.4 Å². The molecule has 1 unspecified atom stereocenters. The Bertz CT molecular complexity index is 212. The van der Waals surface area contributed by atoms with Crippen molar-refractivity contribution in [3.63, 3.8) is 0 Å². The van der Waals surface area contributed by atoms with Crippen LogP contribution in [0.4, 0.5) is 0 Å². The Balaban J connectivity index is 1.62. The van der Waals surface area contributed by atoms with Crippen LogP contribution in [0.5, 0.6) is 0 Å². The second-order valence-electron chi connectivity index (χ2n) is 6.96. The summed E-state index contributed by atoms with van der Waals surface area (Å²) < 4.78 is 0. The van der Waals surface area contributed by atoms with Gasteiger partial charge in [-0.3, -0.25) is 0 Å². The van der Waals surface area contributed by atoms with Crippen LogP contribution < -0.4 is 5.73 Å². The fraction of sp³-hybridized carbons (Fsp3) is 1.00. The van der Waals surface area contributed by atoms with Crippen LogP contribution in [-0.4, -0.2) is 6.04 Å². The van der Waals surface area contributed by atoms with E-state index in [1.165, 1.54) is 77.0 Å². The summed E-state index contributed by atoms with van der Waals surface area (Å²) in [5, 5.41) is 0. The van der Waals surface area contributed by atoms with Crippen molar-refractivity contribution in [1.82, 2.24) is 0 Å². The lowest BCUT2D eigenvalue weighted by Crippen LogP contribution is -2.33. The van der Waals surface area contributed by atoms with E-state index < -0.39 is 0 Å². The fourth-order valence-corrected chi connectivity index (χ4v) is 4.28. The zero-order valence-electron chi connectivity index (χ0n) is 12.4. The van der Waals surface area contributed by atoms with Crippen molar-refractivity contribution in [2.24, 2.45) is 23.5 Å². The Hall–Kier alpha value is -0.0400. The van der Waals surface area contributed by atoms with Crippen LogP contribution in [0.15, 0.2) is 0 Å². The van der Waals surface area contributed by atoms with Gasteiger partial charge in [0.25, 0.3) is 0 Å². The Labute approximate surface area is 114 Å². The lowest BCUT2D eigenvalue weighted by Gasteiger charge is -2.32. The number of rotatable bonds is 6. The average molecular weight is 251 g/mol. The standard InChI is InChI=1S/C17H33N/c1-2-5-14-8-11-16(12-9-14)17(18)13-10-15-6-3-4-7-15/h14-17H,2-13,18H2,1H3. The highest BCUT2D eigenvalue weighted by atomic mass is 14.7. The van der Waals surface area contributed by atoms with E-state index in [9.17, 15) is 0 Å². The van der Waals surface area contributed by atoms with Gasteiger partial charge in [0.1, 0.15) is 0 Å². The van der Waals surface area contributed by atoms with Crippen LogP contribution in [-0.2, 0) is 0 Å². The highest BCUT2D eigenvalue weighted by Crippen LogP contribution is 2.35. The third kappa shape index (κ3) is 4.26. The van der Waals surface area contributed by atoms with Crippen LogP contribution in [0.1, 0.15) is 84.0 Å². The summed E-state index contributed by atoms with van der Waals surface area (Å²) in [5.74, 6) is 2.89. The molecule has 0 aliphatic heterocycles. The zero-order valence-corrected chi connectivity index (χ0v) is 12.4. The van der Waals surface area contributed by atoms with Gasteiger partial charge in [-0.15, -0.1) is 0 Å². The van der Waals surface area contributed by atoms with Crippen molar-refractivity contribution >= 4 is 0 Å². The van der Waals surface area contributed by atoms with Crippen molar-refractivity contribution in [2.75, 3.05) is 0 Å². The predicted octanol–water partition coefficient (Wildman–Crippen LogP) is 4.89. The molecule has 0 aromatic heterocycles. The summed E-state index contributed by atoms with van der Waals surface area (Å²) in [6.45, 7) is 2.32. The van der Waals surface area contributed by atoms with Crippen LogP contribution in [0.25, 0.3) is 0 Å². The van der Waals surface area contributed by atoms with Crippen molar-refractivity contribution in [3.05, 3.63) is 0 Å². The summed E-state index contributed by atoms with van der Waals surface area (Å²) in [6, 6.07) is 0.508. The largest absolute Gasteiger partial charge is 0.327 e.